The Bertz CT molecular complexity index is 1280. The maximum atomic E-state index is 12.7. The van der Waals surface area contributed by atoms with E-state index in [4.69, 9.17) is 9.57 Å². The number of carbonyl (C=O) groups excluding carboxylic acids is 1. The number of anilines is 1. The number of oxime groups is 1. The smallest absolute Gasteiger partial charge is 0.265 e. The summed E-state index contributed by atoms with van der Waals surface area (Å²) in [7, 11) is -1.98. The van der Waals surface area contributed by atoms with Crippen LogP contribution in [-0.2, 0) is 19.7 Å². The fraction of sp³-hybridized carbons (Fsp3) is 0.250. The molecule has 1 saturated heterocycles. The highest BCUT2D eigenvalue weighted by molar-refractivity contribution is 7.89. The Kier molecular flexibility index (Phi) is 6.90. The molecular formula is C24H25N3O5S. The van der Waals surface area contributed by atoms with Crippen LogP contribution in [0.4, 0.5) is 5.69 Å². The predicted molar refractivity (Wildman–Crippen MR) is 127 cm³/mol. The third-order valence-electron chi connectivity index (χ3n) is 5.42. The Morgan fingerprint density at radius 2 is 1.88 bits per heavy atom. The average molecular weight is 468 g/mol. The first kappa shape index (κ1) is 22.8. The molecule has 8 nitrogen and oxygen atoms in total. The molecule has 9 heteroatoms. The molecule has 1 aliphatic heterocycles. The third-order valence-corrected chi connectivity index (χ3v) is 7.32. The van der Waals surface area contributed by atoms with E-state index in [1.54, 1.807) is 19.2 Å². The van der Waals surface area contributed by atoms with E-state index in [1.165, 1.54) is 22.7 Å². The summed E-state index contributed by atoms with van der Waals surface area (Å²) in [5.41, 5.74) is 1.12. The standard InChI is InChI=1S/C24H25N3O5S/c1-31-23-12-11-18-7-2-3-10-21(18)22(23)16-25-32-17-24(28)26-19-8-6-9-20(15-19)33(29,30)27-13-4-5-14-27/h2-3,6-12,15-16H,4-5,13-14,17H2,1H3,(H,26,28)/b25-16-. The van der Waals surface area contributed by atoms with Crippen molar-refractivity contribution in [2.24, 2.45) is 5.16 Å². The maximum Gasteiger partial charge on any atom is 0.265 e. The van der Waals surface area contributed by atoms with Gasteiger partial charge in [0.1, 0.15) is 5.75 Å². The van der Waals surface area contributed by atoms with Crippen LogP contribution in [0.1, 0.15) is 18.4 Å². The number of amides is 1. The van der Waals surface area contributed by atoms with E-state index in [-0.39, 0.29) is 11.5 Å². The molecule has 0 atom stereocenters. The van der Waals surface area contributed by atoms with Crippen molar-refractivity contribution in [1.29, 1.82) is 0 Å². The molecule has 1 amide bonds. The van der Waals surface area contributed by atoms with E-state index >= 15 is 0 Å². The van der Waals surface area contributed by atoms with Gasteiger partial charge in [-0.15, -0.1) is 0 Å². The number of hydrogen-bond donors (Lipinski definition) is 1. The van der Waals surface area contributed by atoms with Crippen molar-refractivity contribution in [2.45, 2.75) is 17.7 Å². The predicted octanol–water partition coefficient (Wildman–Crippen LogP) is 3.62. The molecular weight excluding hydrogens is 442 g/mol. The van der Waals surface area contributed by atoms with Crippen LogP contribution in [0.2, 0.25) is 0 Å². The molecule has 0 aliphatic carbocycles. The lowest BCUT2D eigenvalue weighted by Crippen LogP contribution is -2.28. The summed E-state index contributed by atoms with van der Waals surface area (Å²) in [6.45, 7) is 0.713. The van der Waals surface area contributed by atoms with Crippen LogP contribution in [0, 0.1) is 0 Å². The van der Waals surface area contributed by atoms with Gasteiger partial charge in [-0.25, -0.2) is 8.42 Å². The second-order valence-electron chi connectivity index (χ2n) is 7.60. The molecule has 4 rings (SSSR count). The van der Waals surface area contributed by atoms with Crippen LogP contribution in [0.5, 0.6) is 5.75 Å². The number of hydrogen-bond acceptors (Lipinski definition) is 6. The summed E-state index contributed by atoms with van der Waals surface area (Å²) in [4.78, 5) is 17.6. The number of carbonyl (C=O) groups is 1. The van der Waals surface area contributed by atoms with Gasteiger partial charge < -0.3 is 14.9 Å². The van der Waals surface area contributed by atoms with Crippen molar-refractivity contribution in [2.75, 3.05) is 32.1 Å². The van der Waals surface area contributed by atoms with E-state index in [0.29, 0.717) is 24.5 Å². The van der Waals surface area contributed by atoms with Crippen LogP contribution < -0.4 is 10.1 Å². The number of methoxy groups -OCH3 is 1. The van der Waals surface area contributed by atoms with Crippen LogP contribution in [0.3, 0.4) is 0 Å². The zero-order valence-electron chi connectivity index (χ0n) is 18.2. The van der Waals surface area contributed by atoms with Gasteiger partial charge in [-0.05, 0) is 47.9 Å². The zero-order valence-corrected chi connectivity index (χ0v) is 19.0. The van der Waals surface area contributed by atoms with E-state index in [2.05, 4.69) is 10.5 Å². The van der Waals surface area contributed by atoms with Crippen LogP contribution >= 0.6 is 0 Å². The molecule has 0 saturated carbocycles. The van der Waals surface area contributed by atoms with Crippen molar-refractivity contribution in [1.82, 2.24) is 4.31 Å². The molecule has 1 fully saturated rings. The minimum Gasteiger partial charge on any atom is -0.496 e. The summed E-state index contributed by atoms with van der Waals surface area (Å²) in [5, 5.41) is 8.55. The Morgan fingerprint density at radius 3 is 2.67 bits per heavy atom. The number of nitrogens with zero attached hydrogens (tertiary/aromatic N) is 2. The number of ether oxygens (including phenoxy) is 1. The van der Waals surface area contributed by atoms with E-state index in [1.807, 2.05) is 36.4 Å². The van der Waals surface area contributed by atoms with Crippen LogP contribution in [0.25, 0.3) is 10.8 Å². The van der Waals surface area contributed by atoms with Gasteiger partial charge >= 0.3 is 0 Å². The van der Waals surface area contributed by atoms with Gasteiger partial charge in [0.05, 0.1) is 18.2 Å². The van der Waals surface area contributed by atoms with Gasteiger partial charge in [0, 0.05) is 24.3 Å². The lowest BCUT2D eigenvalue weighted by molar-refractivity contribution is -0.120. The molecule has 0 radical (unpaired) electrons. The molecule has 0 unspecified atom stereocenters. The summed E-state index contributed by atoms with van der Waals surface area (Å²) in [6.07, 6.45) is 3.23. The normalized spacial score (nSPS) is 14.6. The van der Waals surface area contributed by atoms with E-state index in [0.717, 1.165) is 29.2 Å². The first-order chi connectivity index (χ1) is 16.0. The minimum atomic E-state index is -3.56. The highest BCUT2D eigenvalue weighted by atomic mass is 32.2. The Labute approximate surface area is 192 Å². The summed E-state index contributed by atoms with van der Waals surface area (Å²) in [6, 6.07) is 17.8. The number of fused-ring (bicyclic) bond motifs is 1. The second-order valence-corrected chi connectivity index (χ2v) is 9.54. The number of benzene rings is 3. The number of rotatable bonds is 8. The number of nitrogens with one attached hydrogen (secondary N) is 1. The Balaban J connectivity index is 1.39. The van der Waals surface area contributed by atoms with Gasteiger partial charge in [0.25, 0.3) is 5.91 Å². The largest absolute Gasteiger partial charge is 0.496 e. The van der Waals surface area contributed by atoms with Crippen LogP contribution in [0.15, 0.2) is 70.7 Å². The van der Waals surface area contributed by atoms with Gasteiger partial charge in [-0.2, -0.15) is 4.31 Å². The number of sulfonamides is 1. The molecule has 3 aromatic carbocycles. The van der Waals surface area contributed by atoms with Crippen molar-refractivity contribution in [3.63, 3.8) is 0 Å². The van der Waals surface area contributed by atoms with E-state index < -0.39 is 15.9 Å². The van der Waals surface area contributed by atoms with Gasteiger partial charge in [-0.1, -0.05) is 41.6 Å². The summed E-state index contributed by atoms with van der Waals surface area (Å²) in [5.74, 6) is 0.189. The maximum absolute atomic E-state index is 12.7. The molecule has 172 valence electrons. The highest BCUT2D eigenvalue weighted by Crippen LogP contribution is 2.26. The fourth-order valence-electron chi connectivity index (χ4n) is 3.78. The lowest BCUT2D eigenvalue weighted by Gasteiger charge is -2.16. The first-order valence-electron chi connectivity index (χ1n) is 10.6. The first-order valence-corrected chi connectivity index (χ1v) is 12.0. The van der Waals surface area contributed by atoms with Gasteiger partial charge in [0.2, 0.25) is 10.0 Å². The molecule has 0 aromatic heterocycles. The van der Waals surface area contributed by atoms with Gasteiger partial charge in [0.15, 0.2) is 6.61 Å². The van der Waals surface area contributed by atoms with Crippen molar-refractivity contribution < 1.29 is 22.8 Å². The van der Waals surface area contributed by atoms with Crippen molar-refractivity contribution in [3.8, 4) is 5.75 Å². The molecule has 1 aliphatic rings. The second kappa shape index (κ2) is 10.0. The topological polar surface area (TPSA) is 97.3 Å². The third kappa shape index (κ3) is 5.15. The Hall–Kier alpha value is -3.43. The van der Waals surface area contributed by atoms with E-state index in [9.17, 15) is 13.2 Å². The van der Waals surface area contributed by atoms with Crippen LogP contribution in [-0.4, -0.2) is 51.7 Å². The minimum absolute atomic E-state index is 0.157. The molecule has 3 aromatic rings. The van der Waals surface area contributed by atoms with Crippen molar-refractivity contribution in [3.05, 3.63) is 66.2 Å². The Morgan fingerprint density at radius 1 is 1.09 bits per heavy atom. The zero-order chi connectivity index (χ0) is 23.3. The summed E-state index contributed by atoms with van der Waals surface area (Å²) >= 11 is 0. The fourth-order valence-corrected chi connectivity index (χ4v) is 5.35. The average Bonchev–Trinajstić information content (AvgIpc) is 3.38. The molecule has 1 heterocycles. The quantitative estimate of drug-likeness (QED) is 0.403. The molecule has 1 N–H and O–H groups in total. The SMILES string of the molecule is COc1ccc2ccccc2c1/C=N\OCC(=O)Nc1cccc(S(=O)(=O)N2CCCC2)c1. The summed E-state index contributed by atoms with van der Waals surface area (Å²) < 4.78 is 32.3. The molecule has 33 heavy (non-hydrogen) atoms. The monoisotopic (exact) mass is 467 g/mol. The molecule has 0 bridgehead atoms. The van der Waals surface area contributed by atoms with Crippen molar-refractivity contribution >= 4 is 38.6 Å². The molecule has 0 spiro atoms. The highest BCUT2D eigenvalue weighted by Gasteiger charge is 2.27. The van der Waals surface area contributed by atoms with Gasteiger partial charge in [-0.3, -0.25) is 4.79 Å². The lowest BCUT2D eigenvalue weighted by atomic mass is 10.0.